The standard InChI is InChI=1S/C22H12F6N2O2/c23-21(24,25)13-5-3-7-15(11-13)31-19-20(30-18-10-2-1-9-17(18)29-19)32-16-8-4-6-14(12-16)22(26,27)28/h1-12H. The second kappa shape index (κ2) is 8.03. The number of nitrogens with zero attached hydrogens (tertiary/aromatic N) is 2. The molecule has 0 aliphatic carbocycles. The molecule has 0 N–H and O–H groups in total. The van der Waals surface area contributed by atoms with Gasteiger partial charge < -0.3 is 9.47 Å². The highest BCUT2D eigenvalue weighted by molar-refractivity contribution is 5.75. The molecule has 4 nitrogen and oxygen atoms in total. The average molecular weight is 450 g/mol. The minimum absolute atomic E-state index is 0.196. The molecule has 4 rings (SSSR count). The van der Waals surface area contributed by atoms with Crippen molar-refractivity contribution >= 4 is 11.0 Å². The van der Waals surface area contributed by atoms with Crippen LogP contribution in [0.5, 0.6) is 23.3 Å². The summed E-state index contributed by atoms with van der Waals surface area (Å²) in [5.41, 5.74) is -1.18. The average Bonchev–Trinajstić information content (AvgIpc) is 2.73. The zero-order valence-electron chi connectivity index (χ0n) is 15.9. The Balaban J connectivity index is 1.75. The molecule has 0 saturated heterocycles. The van der Waals surface area contributed by atoms with E-state index in [0.717, 1.165) is 36.4 Å². The van der Waals surface area contributed by atoms with E-state index in [9.17, 15) is 26.3 Å². The molecule has 1 heterocycles. The first kappa shape index (κ1) is 21.4. The van der Waals surface area contributed by atoms with Crippen LogP contribution in [-0.2, 0) is 12.4 Å². The predicted molar refractivity (Wildman–Crippen MR) is 103 cm³/mol. The number of aromatic nitrogens is 2. The molecule has 3 aromatic carbocycles. The second-order valence-electron chi connectivity index (χ2n) is 6.58. The number of alkyl halides is 6. The minimum Gasteiger partial charge on any atom is -0.435 e. The Morgan fingerprint density at radius 2 is 0.938 bits per heavy atom. The van der Waals surface area contributed by atoms with E-state index in [2.05, 4.69) is 9.97 Å². The largest absolute Gasteiger partial charge is 0.435 e. The summed E-state index contributed by atoms with van der Waals surface area (Å²) in [6.07, 6.45) is -9.18. The predicted octanol–water partition coefficient (Wildman–Crippen LogP) is 7.25. The highest BCUT2D eigenvalue weighted by atomic mass is 19.4. The van der Waals surface area contributed by atoms with Crippen LogP contribution < -0.4 is 9.47 Å². The van der Waals surface area contributed by atoms with Gasteiger partial charge in [-0.05, 0) is 48.5 Å². The lowest BCUT2D eigenvalue weighted by molar-refractivity contribution is -0.138. The van der Waals surface area contributed by atoms with Crippen molar-refractivity contribution in [2.45, 2.75) is 12.4 Å². The number of ether oxygens (including phenoxy) is 2. The first-order valence-corrected chi connectivity index (χ1v) is 9.06. The summed E-state index contributed by atoms with van der Waals surface area (Å²) in [5, 5.41) is 0. The van der Waals surface area contributed by atoms with Crippen LogP contribution >= 0.6 is 0 Å². The van der Waals surface area contributed by atoms with Crippen molar-refractivity contribution in [3.63, 3.8) is 0 Å². The van der Waals surface area contributed by atoms with Crippen molar-refractivity contribution in [2.75, 3.05) is 0 Å². The van der Waals surface area contributed by atoms with E-state index < -0.39 is 23.5 Å². The first-order valence-electron chi connectivity index (χ1n) is 9.06. The topological polar surface area (TPSA) is 44.2 Å². The Hall–Kier alpha value is -3.82. The van der Waals surface area contributed by atoms with Gasteiger partial charge in [0.05, 0.1) is 22.2 Å². The van der Waals surface area contributed by atoms with Gasteiger partial charge in [0.1, 0.15) is 11.5 Å². The van der Waals surface area contributed by atoms with Crippen molar-refractivity contribution in [3.8, 4) is 23.3 Å². The highest BCUT2D eigenvalue weighted by Gasteiger charge is 2.32. The van der Waals surface area contributed by atoms with Gasteiger partial charge in [0.2, 0.25) is 0 Å². The summed E-state index contributed by atoms with van der Waals surface area (Å²) in [5.74, 6) is -1.00. The monoisotopic (exact) mass is 450 g/mol. The number of halogens is 6. The Labute approximate surface area is 177 Å². The Morgan fingerprint density at radius 1 is 0.531 bits per heavy atom. The highest BCUT2D eigenvalue weighted by Crippen LogP contribution is 2.37. The molecule has 0 saturated carbocycles. The second-order valence-corrected chi connectivity index (χ2v) is 6.58. The fourth-order valence-electron chi connectivity index (χ4n) is 2.80. The third-order valence-corrected chi connectivity index (χ3v) is 4.26. The number of hydrogen-bond acceptors (Lipinski definition) is 4. The third-order valence-electron chi connectivity index (χ3n) is 4.26. The van der Waals surface area contributed by atoms with Crippen LogP contribution in [-0.4, -0.2) is 9.97 Å². The molecule has 0 bridgehead atoms. The van der Waals surface area contributed by atoms with Crippen LogP contribution in [0.15, 0.2) is 72.8 Å². The molecule has 0 spiro atoms. The van der Waals surface area contributed by atoms with Crippen molar-refractivity contribution in [1.82, 2.24) is 9.97 Å². The van der Waals surface area contributed by atoms with E-state index in [1.165, 1.54) is 12.1 Å². The Morgan fingerprint density at radius 3 is 1.31 bits per heavy atom. The van der Waals surface area contributed by atoms with Crippen LogP contribution in [0, 0.1) is 0 Å². The molecule has 164 valence electrons. The first-order chi connectivity index (χ1) is 15.1. The summed E-state index contributed by atoms with van der Waals surface area (Å²) in [6, 6.07) is 14.7. The number of hydrogen-bond donors (Lipinski definition) is 0. The van der Waals surface area contributed by atoms with Gasteiger partial charge in [0.15, 0.2) is 0 Å². The number of rotatable bonds is 4. The van der Waals surface area contributed by atoms with Gasteiger partial charge in [-0.25, -0.2) is 9.97 Å². The SMILES string of the molecule is FC(F)(F)c1cccc(Oc2nc3ccccc3nc2Oc2cccc(C(F)(F)F)c2)c1. The maximum atomic E-state index is 13.0. The van der Waals surface area contributed by atoms with Crippen LogP contribution in [0.1, 0.15) is 11.1 Å². The molecule has 0 amide bonds. The van der Waals surface area contributed by atoms with Gasteiger partial charge in [0.25, 0.3) is 11.8 Å². The minimum atomic E-state index is -4.59. The Kier molecular flexibility index (Phi) is 5.37. The van der Waals surface area contributed by atoms with Crippen molar-refractivity contribution in [2.24, 2.45) is 0 Å². The van der Waals surface area contributed by atoms with Gasteiger partial charge >= 0.3 is 12.4 Å². The van der Waals surface area contributed by atoms with Gasteiger partial charge in [-0.1, -0.05) is 24.3 Å². The van der Waals surface area contributed by atoms with Crippen LogP contribution in [0.2, 0.25) is 0 Å². The van der Waals surface area contributed by atoms with Crippen molar-refractivity contribution in [1.29, 1.82) is 0 Å². The summed E-state index contributed by atoms with van der Waals surface area (Å²) < 4.78 is 89.1. The van der Waals surface area contributed by atoms with Gasteiger partial charge in [-0.2, -0.15) is 26.3 Å². The number of benzene rings is 3. The summed E-state index contributed by atoms with van der Waals surface area (Å²) in [7, 11) is 0. The molecule has 0 aliphatic rings. The van der Waals surface area contributed by atoms with Crippen LogP contribution in [0.4, 0.5) is 26.3 Å². The molecule has 0 unspecified atom stereocenters. The maximum absolute atomic E-state index is 13.0. The molecule has 1 aromatic heterocycles. The van der Waals surface area contributed by atoms with Gasteiger partial charge in [-0.15, -0.1) is 0 Å². The third kappa shape index (κ3) is 4.74. The van der Waals surface area contributed by atoms with E-state index in [-0.39, 0.29) is 23.3 Å². The zero-order chi connectivity index (χ0) is 22.9. The molecule has 32 heavy (non-hydrogen) atoms. The summed E-state index contributed by atoms with van der Waals surface area (Å²) in [4.78, 5) is 8.43. The van der Waals surface area contributed by atoms with Gasteiger partial charge in [0, 0.05) is 0 Å². The number of para-hydroxylation sites is 2. The quantitative estimate of drug-likeness (QED) is 0.307. The molecule has 0 aliphatic heterocycles. The van der Waals surface area contributed by atoms with E-state index >= 15 is 0 Å². The summed E-state index contributed by atoms with van der Waals surface area (Å²) >= 11 is 0. The lowest BCUT2D eigenvalue weighted by Crippen LogP contribution is -2.05. The molecule has 4 aromatic rings. The summed E-state index contributed by atoms with van der Waals surface area (Å²) in [6.45, 7) is 0. The fourth-order valence-corrected chi connectivity index (χ4v) is 2.80. The van der Waals surface area contributed by atoms with E-state index in [0.29, 0.717) is 11.0 Å². The molecule has 10 heteroatoms. The lowest BCUT2D eigenvalue weighted by atomic mass is 10.2. The molecule has 0 fully saturated rings. The van der Waals surface area contributed by atoms with E-state index in [4.69, 9.17) is 9.47 Å². The molecular weight excluding hydrogens is 438 g/mol. The van der Waals surface area contributed by atoms with Crippen LogP contribution in [0.25, 0.3) is 11.0 Å². The normalized spacial score (nSPS) is 12.1. The van der Waals surface area contributed by atoms with Crippen molar-refractivity contribution < 1.29 is 35.8 Å². The molecule has 0 radical (unpaired) electrons. The van der Waals surface area contributed by atoms with E-state index in [1.807, 2.05) is 0 Å². The lowest BCUT2D eigenvalue weighted by Gasteiger charge is -2.14. The molecule has 0 atom stereocenters. The number of fused-ring (bicyclic) bond motifs is 1. The van der Waals surface area contributed by atoms with Crippen LogP contribution in [0.3, 0.4) is 0 Å². The van der Waals surface area contributed by atoms with Crippen molar-refractivity contribution in [3.05, 3.63) is 83.9 Å². The zero-order valence-corrected chi connectivity index (χ0v) is 15.9. The molecular formula is C22H12F6N2O2. The Bertz CT molecular complexity index is 1170. The van der Waals surface area contributed by atoms with Gasteiger partial charge in [-0.3, -0.25) is 0 Å². The smallest absolute Gasteiger partial charge is 0.416 e. The fraction of sp³-hybridized carbons (Fsp3) is 0.0909. The maximum Gasteiger partial charge on any atom is 0.416 e. The van der Waals surface area contributed by atoms with E-state index in [1.54, 1.807) is 24.3 Å².